The van der Waals surface area contributed by atoms with Crippen molar-refractivity contribution in [3.63, 3.8) is 0 Å². The Morgan fingerprint density at radius 2 is 2.38 bits per heavy atom. The van der Waals surface area contributed by atoms with Gasteiger partial charge in [-0.25, -0.2) is 4.98 Å². The van der Waals surface area contributed by atoms with Gasteiger partial charge in [-0.05, 0) is 0 Å². The molecule has 1 aromatic heterocycles. The summed E-state index contributed by atoms with van der Waals surface area (Å²) < 4.78 is 6.32. The van der Waals surface area contributed by atoms with Crippen LogP contribution < -0.4 is 5.56 Å². The van der Waals surface area contributed by atoms with Gasteiger partial charge in [-0.1, -0.05) is 18.5 Å². The smallest absolute Gasteiger partial charge is 0.256 e. The molecule has 72 valence electrons. The van der Waals surface area contributed by atoms with Crippen LogP contribution >= 0.6 is 11.6 Å². The molecule has 1 heterocycles. The second kappa shape index (κ2) is 4.39. The van der Waals surface area contributed by atoms with Gasteiger partial charge in [-0.3, -0.25) is 9.36 Å². The zero-order chi connectivity index (χ0) is 9.84. The summed E-state index contributed by atoms with van der Waals surface area (Å²) in [6.45, 7) is 2.12. The number of hydrogen-bond donors (Lipinski definition) is 0. The molecule has 0 aliphatic rings. The molecule has 4 nitrogen and oxygen atoms in total. The average Bonchev–Trinajstić information content (AvgIpc) is 2.09. The molecule has 0 atom stereocenters. The second-order valence-electron chi connectivity index (χ2n) is 2.53. The lowest BCUT2D eigenvalue weighted by Crippen LogP contribution is -2.24. The van der Waals surface area contributed by atoms with Gasteiger partial charge >= 0.3 is 0 Å². The molecule has 5 heteroatoms. The van der Waals surface area contributed by atoms with E-state index in [1.54, 1.807) is 0 Å². The van der Waals surface area contributed by atoms with Crippen molar-refractivity contribution in [1.82, 2.24) is 9.55 Å². The van der Waals surface area contributed by atoms with Crippen molar-refractivity contribution in [1.29, 1.82) is 0 Å². The van der Waals surface area contributed by atoms with Crippen molar-refractivity contribution in [3.05, 3.63) is 27.4 Å². The fourth-order valence-electron chi connectivity index (χ4n) is 1.06. The van der Waals surface area contributed by atoms with Crippen molar-refractivity contribution >= 4 is 11.6 Å². The third-order valence-corrected chi connectivity index (χ3v) is 1.82. The third kappa shape index (κ3) is 2.29. The molecule has 0 saturated heterocycles. The predicted octanol–water partition coefficient (Wildman–Crippen LogP) is 1.06. The van der Waals surface area contributed by atoms with E-state index in [0.29, 0.717) is 12.2 Å². The van der Waals surface area contributed by atoms with Gasteiger partial charge in [-0.15, -0.1) is 0 Å². The highest BCUT2D eigenvalue weighted by molar-refractivity contribution is 6.29. The van der Waals surface area contributed by atoms with Crippen LogP contribution in [0.4, 0.5) is 0 Å². The lowest BCUT2D eigenvalue weighted by atomic mass is 10.4. The van der Waals surface area contributed by atoms with E-state index < -0.39 is 0 Å². The molecule has 0 saturated carbocycles. The Labute approximate surface area is 81.1 Å². The number of rotatable bonds is 3. The molecule has 1 rings (SSSR count). The minimum Gasteiger partial charge on any atom is -0.364 e. The zero-order valence-electron chi connectivity index (χ0n) is 7.58. The Hall–Kier alpha value is -0.870. The molecule has 0 N–H and O–H groups in total. The maximum atomic E-state index is 11.4. The summed E-state index contributed by atoms with van der Waals surface area (Å²) in [6, 6.07) is 1.28. The van der Waals surface area contributed by atoms with Crippen LogP contribution in [0, 0.1) is 0 Å². The van der Waals surface area contributed by atoms with Gasteiger partial charge in [0.05, 0.1) is 0 Å². The van der Waals surface area contributed by atoms with E-state index in [9.17, 15) is 4.79 Å². The number of aromatic nitrogens is 2. The van der Waals surface area contributed by atoms with E-state index >= 15 is 0 Å². The first-order chi connectivity index (χ1) is 6.19. The van der Waals surface area contributed by atoms with Gasteiger partial charge < -0.3 is 4.74 Å². The summed E-state index contributed by atoms with van der Waals surface area (Å²) >= 11 is 5.64. The molecule has 0 amide bonds. The lowest BCUT2D eigenvalue weighted by molar-refractivity contribution is 0.124. The molecular formula is C8H11ClN2O2. The van der Waals surface area contributed by atoms with Crippen LogP contribution in [0.15, 0.2) is 10.9 Å². The molecule has 0 aliphatic carbocycles. The summed E-state index contributed by atoms with van der Waals surface area (Å²) in [7, 11) is 1.53. The van der Waals surface area contributed by atoms with E-state index in [-0.39, 0.29) is 17.4 Å². The van der Waals surface area contributed by atoms with Crippen LogP contribution in [-0.4, -0.2) is 16.7 Å². The van der Waals surface area contributed by atoms with E-state index in [1.807, 2.05) is 6.92 Å². The summed E-state index contributed by atoms with van der Waals surface area (Å²) in [5.74, 6) is 0.638. The van der Waals surface area contributed by atoms with Gasteiger partial charge in [-0.2, -0.15) is 0 Å². The van der Waals surface area contributed by atoms with Crippen molar-refractivity contribution in [2.75, 3.05) is 7.11 Å². The molecule has 13 heavy (non-hydrogen) atoms. The SMILES string of the molecule is CCc1nc(Cl)cc(=O)n1COC. The minimum absolute atomic E-state index is 0.182. The number of hydrogen-bond acceptors (Lipinski definition) is 3. The van der Waals surface area contributed by atoms with Crippen molar-refractivity contribution in [2.24, 2.45) is 0 Å². The average molecular weight is 203 g/mol. The minimum atomic E-state index is -0.182. The van der Waals surface area contributed by atoms with Crippen molar-refractivity contribution in [3.8, 4) is 0 Å². The lowest BCUT2D eigenvalue weighted by Gasteiger charge is -2.08. The summed E-state index contributed by atoms with van der Waals surface area (Å²) in [5.41, 5.74) is -0.182. The summed E-state index contributed by atoms with van der Waals surface area (Å²) in [6.07, 6.45) is 0.652. The maximum absolute atomic E-state index is 11.4. The molecule has 0 fully saturated rings. The summed E-state index contributed by atoms with van der Waals surface area (Å²) in [4.78, 5) is 15.4. The normalized spacial score (nSPS) is 10.4. The quantitative estimate of drug-likeness (QED) is 0.689. The Morgan fingerprint density at radius 1 is 1.69 bits per heavy atom. The van der Waals surface area contributed by atoms with Crippen LogP contribution in [0.3, 0.4) is 0 Å². The highest BCUT2D eigenvalue weighted by Gasteiger charge is 2.04. The first kappa shape index (κ1) is 10.2. The van der Waals surface area contributed by atoms with E-state index in [1.165, 1.54) is 17.7 Å². The molecule has 0 unspecified atom stereocenters. The number of nitrogens with zero attached hydrogens (tertiary/aromatic N) is 2. The zero-order valence-corrected chi connectivity index (χ0v) is 8.34. The number of aryl methyl sites for hydroxylation is 1. The molecule has 0 bridgehead atoms. The number of ether oxygens (including phenoxy) is 1. The standard InChI is InChI=1S/C8H11ClN2O2/c1-3-7-10-6(9)4-8(12)11(7)5-13-2/h4H,3,5H2,1-2H3. The first-order valence-corrected chi connectivity index (χ1v) is 4.32. The van der Waals surface area contributed by atoms with E-state index in [4.69, 9.17) is 16.3 Å². The highest BCUT2D eigenvalue weighted by Crippen LogP contribution is 2.02. The van der Waals surface area contributed by atoms with Crippen molar-refractivity contribution in [2.45, 2.75) is 20.1 Å². The molecular weight excluding hydrogens is 192 g/mol. The Kier molecular flexibility index (Phi) is 3.45. The number of methoxy groups -OCH3 is 1. The van der Waals surface area contributed by atoms with Crippen LogP contribution in [-0.2, 0) is 17.9 Å². The highest BCUT2D eigenvalue weighted by atomic mass is 35.5. The summed E-state index contributed by atoms with van der Waals surface area (Å²) in [5, 5.41) is 0.231. The van der Waals surface area contributed by atoms with E-state index in [2.05, 4.69) is 4.98 Å². The number of halogens is 1. The van der Waals surface area contributed by atoms with Crippen LogP contribution in [0.2, 0.25) is 5.15 Å². The maximum Gasteiger partial charge on any atom is 0.256 e. The predicted molar refractivity (Wildman–Crippen MR) is 49.9 cm³/mol. The van der Waals surface area contributed by atoms with Gasteiger partial charge in [0, 0.05) is 19.6 Å². The second-order valence-corrected chi connectivity index (χ2v) is 2.92. The molecule has 0 spiro atoms. The molecule has 1 aromatic rings. The largest absolute Gasteiger partial charge is 0.364 e. The monoisotopic (exact) mass is 202 g/mol. The van der Waals surface area contributed by atoms with Gasteiger partial charge in [0.25, 0.3) is 5.56 Å². The van der Waals surface area contributed by atoms with Crippen LogP contribution in [0.5, 0.6) is 0 Å². The van der Waals surface area contributed by atoms with Gasteiger partial charge in [0.1, 0.15) is 17.7 Å². The van der Waals surface area contributed by atoms with E-state index in [0.717, 1.165) is 0 Å². The molecule has 0 aliphatic heterocycles. The Balaban J connectivity index is 3.22. The Bertz CT molecular complexity index is 348. The van der Waals surface area contributed by atoms with Gasteiger partial charge in [0.15, 0.2) is 0 Å². The fraction of sp³-hybridized carbons (Fsp3) is 0.500. The fourth-order valence-corrected chi connectivity index (χ4v) is 1.25. The molecule has 0 radical (unpaired) electrons. The van der Waals surface area contributed by atoms with Gasteiger partial charge in [0.2, 0.25) is 0 Å². The first-order valence-electron chi connectivity index (χ1n) is 3.94. The van der Waals surface area contributed by atoms with Crippen LogP contribution in [0.25, 0.3) is 0 Å². The third-order valence-electron chi connectivity index (χ3n) is 1.63. The molecule has 0 aromatic carbocycles. The Morgan fingerprint density at radius 3 is 2.92 bits per heavy atom. The van der Waals surface area contributed by atoms with Crippen molar-refractivity contribution < 1.29 is 4.74 Å². The van der Waals surface area contributed by atoms with Crippen LogP contribution in [0.1, 0.15) is 12.7 Å². The topological polar surface area (TPSA) is 44.1 Å².